The highest BCUT2D eigenvalue weighted by molar-refractivity contribution is 5.88. The summed E-state index contributed by atoms with van der Waals surface area (Å²) in [6, 6.07) is 0. The summed E-state index contributed by atoms with van der Waals surface area (Å²) >= 11 is 0. The Morgan fingerprint density at radius 2 is 2.00 bits per heavy atom. The molecule has 0 aliphatic rings. The summed E-state index contributed by atoms with van der Waals surface area (Å²) in [7, 11) is 0. The molecule has 1 unspecified atom stereocenters. The van der Waals surface area contributed by atoms with Gasteiger partial charge in [-0.3, -0.25) is 0 Å². The van der Waals surface area contributed by atoms with Crippen LogP contribution in [0, 0.1) is 0 Å². The SMILES string of the molecule is CCOC(=O)c1nnn(CC(O)COC(C)C)c1C(C)C. The molecule has 1 heterocycles. The lowest BCUT2D eigenvalue weighted by atomic mass is 10.1. The maximum absolute atomic E-state index is 11.9. The minimum Gasteiger partial charge on any atom is -0.461 e. The molecule has 0 aliphatic heterocycles. The molecule has 0 amide bonds. The van der Waals surface area contributed by atoms with Gasteiger partial charge in [0.2, 0.25) is 0 Å². The highest BCUT2D eigenvalue weighted by Gasteiger charge is 2.24. The van der Waals surface area contributed by atoms with E-state index < -0.39 is 12.1 Å². The lowest BCUT2D eigenvalue weighted by Gasteiger charge is -2.16. The van der Waals surface area contributed by atoms with Gasteiger partial charge in [-0.15, -0.1) is 5.10 Å². The van der Waals surface area contributed by atoms with E-state index in [0.29, 0.717) is 5.69 Å². The zero-order chi connectivity index (χ0) is 16.0. The van der Waals surface area contributed by atoms with Crippen LogP contribution in [0.3, 0.4) is 0 Å². The van der Waals surface area contributed by atoms with Gasteiger partial charge in [0, 0.05) is 0 Å². The van der Waals surface area contributed by atoms with Crippen molar-refractivity contribution in [3.63, 3.8) is 0 Å². The summed E-state index contributed by atoms with van der Waals surface area (Å²) in [5.74, 6) is -0.446. The number of carbonyl (C=O) groups is 1. The van der Waals surface area contributed by atoms with Crippen LogP contribution in [0.2, 0.25) is 0 Å². The third kappa shape index (κ3) is 5.09. The van der Waals surface area contributed by atoms with Crippen molar-refractivity contribution in [3.8, 4) is 0 Å². The fourth-order valence-electron chi connectivity index (χ4n) is 1.93. The smallest absolute Gasteiger partial charge is 0.360 e. The predicted octanol–water partition coefficient (Wildman–Crippen LogP) is 1.36. The van der Waals surface area contributed by atoms with Crippen LogP contribution >= 0.6 is 0 Å². The lowest BCUT2D eigenvalue weighted by molar-refractivity contribution is -0.00259. The Bertz CT molecular complexity index is 457. The number of rotatable bonds is 8. The van der Waals surface area contributed by atoms with Crippen LogP contribution in [-0.4, -0.2) is 51.5 Å². The van der Waals surface area contributed by atoms with Gasteiger partial charge in [0.25, 0.3) is 0 Å². The average molecular weight is 299 g/mol. The van der Waals surface area contributed by atoms with Crippen LogP contribution in [0.5, 0.6) is 0 Å². The van der Waals surface area contributed by atoms with E-state index in [-0.39, 0.29) is 37.5 Å². The minimum absolute atomic E-state index is 0.0395. The molecule has 0 aromatic carbocycles. The fraction of sp³-hybridized carbons (Fsp3) is 0.786. The van der Waals surface area contributed by atoms with Crippen LogP contribution in [0.4, 0.5) is 0 Å². The first-order valence-corrected chi connectivity index (χ1v) is 7.26. The predicted molar refractivity (Wildman–Crippen MR) is 77.2 cm³/mol. The Kier molecular flexibility index (Phi) is 6.77. The zero-order valence-corrected chi connectivity index (χ0v) is 13.4. The average Bonchev–Trinajstić information content (AvgIpc) is 2.80. The van der Waals surface area contributed by atoms with E-state index in [9.17, 15) is 9.90 Å². The van der Waals surface area contributed by atoms with Crippen LogP contribution in [-0.2, 0) is 16.0 Å². The highest BCUT2D eigenvalue weighted by atomic mass is 16.5. The number of esters is 1. The number of carbonyl (C=O) groups excluding carboxylic acids is 1. The highest BCUT2D eigenvalue weighted by Crippen LogP contribution is 2.18. The first-order chi connectivity index (χ1) is 9.86. The molecule has 1 atom stereocenters. The quantitative estimate of drug-likeness (QED) is 0.729. The van der Waals surface area contributed by atoms with E-state index in [4.69, 9.17) is 9.47 Å². The molecular weight excluding hydrogens is 274 g/mol. The van der Waals surface area contributed by atoms with Crippen molar-refractivity contribution in [2.45, 2.75) is 59.3 Å². The topological polar surface area (TPSA) is 86.5 Å². The van der Waals surface area contributed by atoms with E-state index in [1.54, 1.807) is 11.6 Å². The van der Waals surface area contributed by atoms with E-state index in [0.717, 1.165) is 0 Å². The van der Waals surface area contributed by atoms with Gasteiger partial charge in [0.15, 0.2) is 5.69 Å². The minimum atomic E-state index is -0.707. The number of nitrogens with zero attached hydrogens (tertiary/aromatic N) is 3. The summed E-state index contributed by atoms with van der Waals surface area (Å²) in [6.45, 7) is 10.2. The first kappa shape index (κ1) is 17.6. The number of hydrogen-bond acceptors (Lipinski definition) is 6. The molecule has 1 N–H and O–H groups in total. The molecule has 120 valence electrons. The lowest BCUT2D eigenvalue weighted by Crippen LogP contribution is -2.26. The largest absolute Gasteiger partial charge is 0.461 e. The van der Waals surface area contributed by atoms with Gasteiger partial charge < -0.3 is 14.6 Å². The van der Waals surface area contributed by atoms with Gasteiger partial charge in [-0.25, -0.2) is 9.48 Å². The Morgan fingerprint density at radius 1 is 1.33 bits per heavy atom. The maximum Gasteiger partial charge on any atom is 0.360 e. The Labute approximate surface area is 125 Å². The van der Waals surface area contributed by atoms with Crippen LogP contribution < -0.4 is 0 Å². The second kappa shape index (κ2) is 8.09. The third-order valence-corrected chi connectivity index (χ3v) is 2.79. The van der Waals surface area contributed by atoms with Crippen LogP contribution in [0.1, 0.15) is 56.7 Å². The van der Waals surface area contributed by atoms with Gasteiger partial charge >= 0.3 is 5.97 Å². The molecule has 1 aromatic rings. The monoisotopic (exact) mass is 299 g/mol. The molecule has 7 nitrogen and oxygen atoms in total. The molecule has 1 rings (SSSR count). The Balaban J connectivity index is 2.85. The van der Waals surface area contributed by atoms with Crippen molar-refractivity contribution >= 4 is 5.97 Å². The molecule has 0 saturated carbocycles. The molecule has 1 aromatic heterocycles. The molecule has 0 bridgehead atoms. The Hall–Kier alpha value is -1.47. The standard InChI is InChI=1S/C14H25N3O4/c1-6-20-14(19)12-13(9(2)3)17(16-15-12)7-11(18)8-21-10(4)5/h9-11,18H,6-8H2,1-5H3. The molecule has 0 fully saturated rings. The first-order valence-electron chi connectivity index (χ1n) is 7.26. The van der Waals surface area contributed by atoms with Crippen molar-refractivity contribution in [3.05, 3.63) is 11.4 Å². The van der Waals surface area contributed by atoms with Gasteiger partial charge in [-0.2, -0.15) is 0 Å². The van der Waals surface area contributed by atoms with Crippen LogP contribution in [0.25, 0.3) is 0 Å². The third-order valence-electron chi connectivity index (χ3n) is 2.79. The van der Waals surface area contributed by atoms with E-state index in [2.05, 4.69) is 10.3 Å². The summed E-state index contributed by atoms with van der Waals surface area (Å²) in [4.78, 5) is 11.9. The van der Waals surface area contributed by atoms with E-state index in [1.165, 1.54) is 0 Å². The summed E-state index contributed by atoms with van der Waals surface area (Å²) in [5.41, 5.74) is 0.876. The summed E-state index contributed by atoms with van der Waals surface area (Å²) < 4.78 is 11.9. The van der Waals surface area contributed by atoms with E-state index >= 15 is 0 Å². The van der Waals surface area contributed by atoms with Crippen molar-refractivity contribution in [1.82, 2.24) is 15.0 Å². The van der Waals surface area contributed by atoms with Crippen molar-refractivity contribution < 1.29 is 19.4 Å². The second-order valence-corrected chi connectivity index (χ2v) is 5.42. The van der Waals surface area contributed by atoms with Crippen molar-refractivity contribution in [2.75, 3.05) is 13.2 Å². The second-order valence-electron chi connectivity index (χ2n) is 5.42. The maximum atomic E-state index is 11.9. The summed E-state index contributed by atoms with van der Waals surface area (Å²) in [5, 5.41) is 17.8. The molecule has 21 heavy (non-hydrogen) atoms. The molecule has 0 spiro atoms. The molecule has 0 saturated heterocycles. The molecular formula is C14H25N3O4. The van der Waals surface area contributed by atoms with E-state index in [1.807, 2.05) is 27.7 Å². The van der Waals surface area contributed by atoms with Gasteiger partial charge in [-0.1, -0.05) is 19.1 Å². The Morgan fingerprint density at radius 3 is 2.52 bits per heavy atom. The fourth-order valence-corrected chi connectivity index (χ4v) is 1.93. The number of ether oxygens (including phenoxy) is 2. The molecule has 0 aliphatic carbocycles. The number of aromatic nitrogens is 3. The van der Waals surface area contributed by atoms with Crippen molar-refractivity contribution in [1.29, 1.82) is 0 Å². The van der Waals surface area contributed by atoms with Crippen molar-refractivity contribution in [2.24, 2.45) is 0 Å². The summed E-state index contributed by atoms with van der Waals surface area (Å²) in [6.07, 6.45) is -0.656. The zero-order valence-electron chi connectivity index (χ0n) is 13.4. The van der Waals surface area contributed by atoms with Gasteiger partial charge in [0.05, 0.1) is 37.7 Å². The number of aliphatic hydroxyl groups excluding tert-OH is 1. The van der Waals surface area contributed by atoms with Gasteiger partial charge in [-0.05, 0) is 26.7 Å². The normalized spacial score (nSPS) is 13.0. The van der Waals surface area contributed by atoms with Gasteiger partial charge in [0.1, 0.15) is 0 Å². The number of aliphatic hydroxyl groups is 1. The number of hydrogen-bond donors (Lipinski definition) is 1. The van der Waals surface area contributed by atoms with Crippen LogP contribution in [0.15, 0.2) is 0 Å². The molecule has 0 radical (unpaired) electrons. The molecule has 7 heteroatoms.